The summed E-state index contributed by atoms with van der Waals surface area (Å²) in [5, 5.41) is 12.5. The minimum atomic E-state index is -2.64. The van der Waals surface area contributed by atoms with Gasteiger partial charge in [-0.2, -0.15) is 0 Å². The van der Waals surface area contributed by atoms with Crippen molar-refractivity contribution in [1.82, 2.24) is 0 Å². The quantitative estimate of drug-likeness (QED) is 0.629. The van der Waals surface area contributed by atoms with E-state index in [1.54, 1.807) is 0 Å². The zero-order valence-electron chi connectivity index (χ0n) is 17.8. The highest BCUT2D eigenvalue weighted by molar-refractivity contribution is 7.78. The lowest BCUT2D eigenvalue weighted by molar-refractivity contribution is -0.0271. The SMILES string of the molecule is C[C@H](CCP(=O)(c1ccccc1)c1ccccc1)[C@H]1CC[C@H]2[C@@H](O)CCC[C@]12C. The van der Waals surface area contributed by atoms with Gasteiger partial charge in [0.15, 0.2) is 0 Å². The molecule has 0 spiro atoms. The van der Waals surface area contributed by atoms with Crippen LogP contribution in [-0.2, 0) is 4.57 Å². The average Bonchev–Trinajstić information content (AvgIpc) is 3.11. The number of aliphatic hydroxyl groups excluding tert-OH is 1. The molecule has 0 bridgehead atoms. The van der Waals surface area contributed by atoms with Crippen LogP contribution < -0.4 is 10.6 Å². The summed E-state index contributed by atoms with van der Waals surface area (Å²) in [6.07, 6.45) is 7.29. The van der Waals surface area contributed by atoms with Crippen LogP contribution in [0.2, 0.25) is 0 Å². The van der Waals surface area contributed by atoms with E-state index in [1.165, 1.54) is 12.8 Å². The Kier molecular flexibility index (Phi) is 6.05. The van der Waals surface area contributed by atoms with Crippen molar-refractivity contribution in [3.05, 3.63) is 60.7 Å². The highest BCUT2D eigenvalue weighted by Crippen LogP contribution is 2.58. The van der Waals surface area contributed by atoms with Crippen LogP contribution in [0.3, 0.4) is 0 Å². The first kappa shape index (κ1) is 20.9. The smallest absolute Gasteiger partial charge is 0.143 e. The summed E-state index contributed by atoms with van der Waals surface area (Å²) >= 11 is 0. The summed E-state index contributed by atoms with van der Waals surface area (Å²) in [6, 6.07) is 20.1. The molecule has 2 saturated carbocycles. The lowest BCUT2D eigenvalue weighted by atomic mass is 9.61. The lowest BCUT2D eigenvalue weighted by Gasteiger charge is -2.45. The van der Waals surface area contributed by atoms with Crippen LogP contribution >= 0.6 is 7.14 Å². The zero-order valence-corrected chi connectivity index (χ0v) is 18.7. The number of hydrogen-bond donors (Lipinski definition) is 1. The number of rotatable bonds is 6. The molecule has 29 heavy (non-hydrogen) atoms. The number of aliphatic hydroxyl groups is 1. The van der Waals surface area contributed by atoms with E-state index in [1.807, 2.05) is 60.7 Å². The van der Waals surface area contributed by atoms with Crippen molar-refractivity contribution in [1.29, 1.82) is 0 Å². The van der Waals surface area contributed by atoms with E-state index in [9.17, 15) is 9.67 Å². The van der Waals surface area contributed by atoms with Gasteiger partial charge in [-0.1, -0.05) is 80.9 Å². The Morgan fingerprint density at radius 1 is 1.00 bits per heavy atom. The molecule has 2 aromatic carbocycles. The first-order valence-electron chi connectivity index (χ1n) is 11.3. The van der Waals surface area contributed by atoms with Gasteiger partial charge in [0.05, 0.1) is 6.10 Å². The highest BCUT2D eigenvalue weighted by Gasteiger charge is 2.52. The summed E-state index contributed by atoms with van der Waals surface area (Å²) < 4.78 is 14.3. The van der Waals surface area contributed by atoms with E-state index >= 15 is 0 Å². The minimum Gasteiger partial charge on any atom is -0.393 e. The van der Waals surface area contributed by atoms with Crippen molar-refractivity contribution in [3.8, 4) is 0 Å². The molecular weight excluding hydrogens is 375 g/mol. The van der Waals surface area contributed by atoms with Gasteiger partial charge in [-0.25, -0.2) is 0 Å². The molecule has 0 amide bonds. The second-order valence-corrected chi connectivity index (χ2v) is 12.6. The van der Waals surface area contributed by atoms with Gasteiger partial charge < -0.3 is 9.67 Å². The molecule has 2 fully saturated rings. The van der Waals surface area contributed by atoms with Crippen molar-refractivity contribution < 1.29 is 9.67 Å². The molecule has 0 radical (unpaired) electrons. The molecule has 3 heteroatoms. The summed E-state index contributed by atoms with van der Waals surface area (Å²) in [5.74, 6) is 1.61. The first-order valence-corrected chi connectivity index (χ1v) is 13.2. The third-order valence-electron chi connectivity index (χ3n) is 8.10. The van der Waals surface area contributed by atoms with Crippen LogP contribution in [0.25, 0.3) is 0 Å². The number of fused-ring (bicyclic) bond motifs is 1. The minimum absolute atomic E-state index is 0.120. The fourth-order valence-electron chi connectivity index (χ4n) is 6.46. The molecule has 0 heterocycles. The molecule has 1 N–H and O–H groups in total. The second-order valence-electron chi connectivity index (χ2n) is 9.66. The van der Waals surface area contributed by atoms with Gasteiger partial charge in [0.2, 0.25) is 0 Å². The number of benzene rings is 2. The fraction of sp³-hybridized carbons (Fsp3) is 0.538. The average molecular weight is 411 g/mol. The van der Waals surface area contributed by atoms with Crippen molar-refractivity contribution in [2.24, 2.45) is 23.2 Å². The Labute approximate surface area is 176 Å². The molecule has 2 aliphatic carbocycles. The normalized spacial score (nSPS) is 30.7. The van der Waals surface area contributed by atoms with Gasteiger partial charge in [-0.15, -0.1) is 0 Å². The van der Waals surface area contributed by atoms with Crippen LogP contribution in [0.15, 0.2) is 60.7 Å². The van der Waals surface area contributed by atoms with Crippen LogP contribution in [-0.4, -0.2) is 17.4 Å². The molecule has 5 atom stereocenters. The van der Waals surface area contributed by atoms with Crippen molar-refractivity contribution in [2.75, 3.05) is 6.16 Å². The summed E-state index contributed by atoms with van der Waals surface area (Å²) in [7, 11) is -2.64. The van der Waals surface area contributed by atoms with Gasteiger partial charge in [0.1, 0.15) is 7.14 Å². The Morgan fingerprint density at radius 3 is 2.17 bits per heavy atom. The van der Waals surface area contributed by atoms with Crippen LogP contribution in [0.5, 0.6) is 0 Å². The largest absolute Gasteiger partial charge is 0.393 e. The van der Waals surface area contributed by atoms with Crippen molar-refractivity contribution >= 4 is 17.8 Å². The summed E-state index contributed by atoms with van der Waals surface area (Å²) in [6.45, 7) is 4.78. The van der Waals surface area contributed by atoms with Crippen LogP contribution in [0.1, 0.15) is 52.4 Å². The van der Waals surface area contributed by atoms with Crippen LogP contribution in [0.4, 0.5) is 0 Å². The molecule has 0 aromatic heterocycles. The first-order chi connectivity index (χ1) is 13.9. The fourth-order valence-corrected chi connectivity index (χ4v) is 9.35. The molecule has 2 nitrogen and oxygen atoms in total. The van der Waals surface area contributed by atoms with Crippen LogP contribution in [0, 0.1) is 23.2 Å². The van der Waals surface area contributed by atoms with Gasteiger partial charge >= 0.3 is 0 Å². The Hall–Kier alpha value is -1.37. The maximum absolute atomic E-state index is 14.3. The Balaban J connectivity index is 1.55. The Bertz CT molecular complexity index is 806. The summed E-state index contributed by atoms with van der Waals surface area (Å²) in [4.78, 5) is 0. The van der Waals surface area contributed by atoms with Crippen molar-refractivity contribution in [2.45, 2.75) is 58.5 Å². The second kappa shape index (κ2) is 8.40. The predicted octanol–water partition coefficient (Wildman–Crippen LogP) is 5.60. The zero-order chi connectivity index (χ0) is 20.5. The van der Waals surface area contributed by atoms with Gasteiger partial charge in [0.25, 0.3) is 0 Å². The third-order valence-corrected chi connectivity index (χ3v) is 11.2. The molecule has 0 saturated heterocycles. The molecular formula is C26H35O2P. The molecule has 4 rings (SSSR count). The van der Waals surface area contributed by atoms with Crippen molar-refractivity contribution in [3.63, 3.8) is 0 Å². The maximum atomic E-state index is 14.3. The van der Waals surface area contributed by atoms with Gasteiger partial charge in [-0.05, 0) is 55.3 Å². The van der Waals surface area contributed by atoms with E-state index in [-0.39, 0.29) is 11.5 Å². The topological polar surface area (TPSA) is 37.3 Å². The molecule has 0 aliphatic heterocycles. The van der Waals surface area contributed by atoms with E-state index in [0.717, 1.165) is 42.5 Å². The lowest BCUT2D eigenvalue weighted by Crippen LogP contribution is -2.41. The summed E-state index contributed by atoms with van der Waals surface area (Å²) in [5.41, 5.74) is 0.251. The molecule has 2 aliphatic rings. The molecule has 2 aromatic rings. The van der Waals surface area contributed by atoms with Gasteiger partial charge in [0, 0.05) is 16.8 Å². The molecule has 156 valence electrons. The Morgan fingerprint density at radius 2 is 1.59 bits per heavy atom. The van der Waals surface area contributed by atoms with E-state index in [2.05, 4.69) is 13.8 Å². The highest BCUT2D eigenvalue weighted by atomic mass is 31.2. The predicted molar refractivity (Wildman–Crippen MR) is 123 cm³/mol. The maximum Gasteiger partial charge on any atom is 0.143 e. The number of hydrogen-bond acceptors (Lipinski definition) is 2. The molecule has 0 unspecified atom stereocenters. The van der Waals surface area contributed by atoms with Gasteiger partial charge in [-0.3, -0.25) is 0 Å². The van der Waals surface area contributed by atoms with E-state index in [0.29, 0.717) is 17.8 Å². The van der Waals surface area contributed by atoms with E-state index < -0.39 is 7.14 Å². The third kappa shape index (κ3) is 3.87. The monoisotopic (exact) mass is 410 g/mol. The standard InChI is InChI=1S/C26H35O2P/c1-20(23-15-16-24-25(27)14-9-18-26(23,24)2)17-19-29(28,21-10-5-3-6-11-21)22-12-7-4-8-13-22/h3-8,10-13,20,23-25,27H,9,14-19H2,1-2H3/t20-,23-,24+,25+,26-/m1/s1. The van der Waals surface area contributed by atoms with E-state index in [4.69, 9.17) is 0 Å².